The van der Waals surface area contributed by atoms with E-state index in [9.17, 15) is 0 Å². The second-order valence-corrected chi connectivity index (χ2v) is 16.1. The summed E-state index contributed by atoms with van der Waals surface area (Å²) in [4.78, 5) is 2.58. The minimum absolute atomic E-state index is 0.0485. The van der Waals surface area contributed by atoms with Crippen molar-refractivity contribution in [3.05, 3.63) is 168 Å². The van der Waals surface area contributed by atoms with E-state index in [0.29, 0.717) is 35.5 Å². The maximum absolute atomic E-state index is 6.46. The zero-order valence-electron chi connectivity index (χ0n) is 29.2. The number of hydrogen-bond donors (Lipinski definition) is 0. The maximum Gasteiger partial charge on any atom is 0.137 e. The molecule has 0 saturated heterocycles. The SMILES string of the molecule is C1=CCCC(N(c2ccc3c(c2)C2(C4CC=CC=C4C4C=CC(C5CC=CCC5)CC42)C2C=CC=CC32)c2cccc3oc4ccccc4c23)=C1. The van der Waals surface area contributed by atoms with Gasteiger partial charge in [-0.05, 0) is 122 Å². The van der Waals surface area contributed by atoms with E-state index in [4.69, 9.17) is 4.42 Å². The number of hydrogen-bond acceptors (Lipinski definition) is 2. The van der Waals surface area contributed by atoms with Crippen LogP contribution in [0.15, 0.2) is 161 Å². The van der Waals surface area contributed by atoms with Crippen molar-refractivity contribution in [3.63, 3.8) is 0 Å². The first-order valence-electron chi connectivity index (χ1n) is 19.6. The molecule has 0 radical (unpaired) electrons. The molecule has 2 nitrogen and oxygen atoms in total. The number of furan rings is 1. The van der Waals surface area contributed by atoms with Crippen LogP contribution in [0.4, 0.5) is 11.4 Å². The van der Waals surface area contributed by atoms with Crippen LogP contribution in [-0.2, 0) is 5.41 Å². The molecular weight excluding hydrogens is 619 g/mol. The van der Waals surface area contributed by atoms with Gasteiger partial charge in [0.1, 0.15) is 11.2 Å². The number of fused-ring (bicyclic) bond motifs is 13. The molecule has 3 aromatic carbocycles. The third-order valence-corrected chi connectivity index (χ3v) is 13.9. The summed E-state index contributed by atoms with van der Waals surface area (Å²) in [6, 6.07) is 22.8. The van der Waals surface area contributed by atoms with E-state index in [1.807, 2.05) is 0 Å². The Morgan fingerprint density at radius 2 is 1.65 bits per heavy atom. The molecule has 0 aliphatic heterocycles. The van der Waals surface area contributed by atoms with Crippen molar-refractivity contribution in [3.8, 4) is 0 Å². The summed E-state index contributed by atoms with van der Waals surface area (Å²) in [5.74, 6) is 3.90. The van der Waals surface area contributed by atoms with Crippen LogP contribution in [0.5, 0.6) is 0 Å². The van der Waals surface area contributed by atoms with Crippen molar-refractivity contribution in [1.82, 2.24) is 0 Å². The highest BCUT2D eigenvalue weighted by atomic mass is 16.3. The van der Waals surface area contributed by atoms with Gasteiger partial charge in [-0.3, -0.25) is 0 Å². The molecule has 2 heteroatoms. The van der Waals surface area contributed by atoms with Crippen LogP contribution in [0.1, 0.15) is 62.0 Å². The van der Waals surface area contributed by atoms with Gasteiger partial charge in [0.2, 0.25) is 0 Å². The molecule has 8 atom stereocenters. The van der Waals surface area contributed by atoms with Gasteiger partial charge in [-0.15, -0.1) is 0 Å². The van der Waals surface area contributed by atoms with Crippen LogP contribution in [0.3, 0.4) is 0 Å². The molecular formula is C49H45NO. The second kappa shape index (κ2) is 11.6. The van der Waals surface area contributed by atoms with E-state index in [1.54, 1.807) is 16.7 Å². The van der Waals surface area contributed by atoms with Crippen molar-refractivity contribution in [2.24, 2.45) is 35.5 Å². The average Bonchev–Trinajstić information content (AvgIpc) is 3.83. The van der Waals surface area contributed by atoms with Gasteiger partial charge in [-0.2, -0.15) is 0 Å². The Bertz CT molecular complexity index is 2320. The van der Waals surface area contributed by atoms with E-state index in [0.717, 1.165) is 36.3 Å². The number of anilines is 2. The average molecular weight is 664 g/mol. The predicted octanol–water partition coefficient (Wildman–Crippen LogP) is 12.7. The lowest BCUT2D eigenvalue weighted by molar-refractivity contribution is 0.137. The van der Waals surface area contributed by atoms with Crippen LogP contribution in [-0.4, -0.2) is 0 Å². The monoisotopic (exact) mass is 663 g/mol. The van der Waals surface area contributed by atoms with Crippen molar-refractivity contribution < 1.29 is 4.42 Å². The molecule has 7 aliphatic rings. The molecule has 1 saturated carbocycles. The van der Waals surface area contributed by atoms with Crippen molar-refractivity contribution in [1.29, 1.82) is 0 Å². The Kier molecular flexibility index (Phi) is 6.79. The van der Waals surface area contributed by atoms with E-state index < -0.39 is 0 Å². The minimum atomic E-state index is 0.0485. The fourth-order valence-electron chi connectivity index (χ4n) is 12.0. The Morgan fingerprint density at radius 3 is 2.57 bits per heavy atom. The number of rotatable bonds is 4. The number of para-hydroxylation sites is 1. The maximum atomic E-state index is 6.46. The van der Waals surface area contributed by atoms with Crippen molar-refractivity contribution in [2.75, 3.05) is 4.90 Å². The van der Waals surface area contributed by atoms with Crippen LogP contribution in [0, 0.1) is 35.5 Å². The first-order valence-corrected chi connectivity index (χ1v) is 19.6. The highest BCUT2D eigenvalue weighted by Crippen LogP contribution is 2.71. The van der Waals surface area contributed by atoms with Gasteiger partial charge in [0.15, 0.2) is 0 Å². The van der Waals surface area contributed by atoms with Crippen LogP contribution >= 0.6 is 0 Å². The fourth-order valence-corrected chi connectivity index (χ4v) is 12.0. The number of nitrogens with zero attached hydrogens (tertiary/aromatic N) is 1. The molecule has 0 bridgehead atoms. The molecule has 0 amide bonds. The van der Waals surface area contributed by atoms with Gasteiger partial charge in [-0.25, -0.2) is 0 Å². The van der Waals surface area contributed by atoms with Crippen molar-refractivity contribution in [2.45, 2.75) is 56.3 Å². The van der Waals surface area contributed by atoms with Gasteiger partial charge in [0.25, 0.3) is 0 Å². The normalized spacial score (nSPS) is 32.6. The third-order valence-electron chi connectivity index (χ3n) is 13.9. The zero-order chi connectivity index (χ0) is 33.5. The van der Waals surface area contributed by atoms with Crippen LogP contribution in [0.25, 0.3) is 21.9 Å². The standard InChI is InChI=1S/C49H45NO/c1-3-14-32(15-4-1)33-26-28-38-36-18-7-10-21-41(36)49(43(38)30-33)42-22-11-8-19-37(42)39-29-27-35(31-44(39)49)50(34-16-5-2-6-17-34)45-23-13-25-47-48(45)40-20-9-12-24-46(40)51-47/h1-3,5,7-13,16,18-20,22-29,31-33,37-38,41-43H,4,6,14-15,17,21,30H2. The second-order valence-electron chi connectivity index (χ2n) is 16.1. The Labute approximate surface area is 301 Å². The molecule has 1 aromatic heterocycles. The predicted molar refractivity (Wildman–Crippen MR) is 211 cm³/mol. The number of allylic oxidation sites excluding steroid dienone is 16. The van der Waals surface area contributed by atoms with E-state index in [2.05, 4.69) is 151 Å². The first-order chi connectivity index (χ1) is 25.3. The van der Waals surface area contributed by atoms with E-state index in [-0.39, 0.29) is 5.41 Å². The van der Waals surface area contributed by atoms with Gasteiger partial charge in [0.05, 0.1) is 11.1 Å². The Hall–Kier alpha value is -4.82. The lowest BCUT2D eigenvalue weighted by Crippen LogP contribution is -2.44. The molecule has 11 rings (SSSR count). The zero-order valence-corrected chi connectivity index (χ0v) is 29.2. The molecule has 8 unspecified atom stereocenters. The number of benzene rings is 3. The first kappa shape index (κ1) is 29.9. The van der Waals surface area contributed by atoms with Crippen molar-refractivity contribution >= 4 is 33.3 Å². The molecule has 4 aromatic rings. The quantitative estimate of drug-likeness (QED) is 0.202. The van der Waals surface area contributed by atoms with Crippen LogP contribution < -0.4 is 4.90 Å². The largest absolute Gasteiger partial charge is 0.456 e. The lowest BCUT2D eigenvalue weighted by atomic mass is 9.56. The summed E-state index contributed by atoms with van der Waals surface area (Å²) in [5.41, 5.74) is 10.6. The molecule has 252 valence electrons. The summed E-state index contributed by atoms with van der Waals surface area (Å²) in [6.45, 7) is 0. The summed E-state index contributed by atoms with van der Waals surface area (Å²) in [6.07, 6.45) is 42.5. The topological polar surface area (TPSA) is 16.4 Å². The summed E-state index contributed by atoms with van der Waals surface area (Å²) >= 11 is 0. The van der Waals surface area contributed by atoms with Gasteiger partial charge in [-0.1, -0.05) is 115 Å². The van der Waals surface area contributed by atoms with Gasteiger partial charge < -0.3 is 9.32 Å². The third kappa shape index (κ3) is 4.29. The van der Waals surface area contributed by atoms with Gasteiger partial charge in [0, 0.05) is 34.0 Å². The molecule has 1 spiro atoms. The molecule has 7 aliphatic carbocycles. The summed E-state index contributed by atoms with van der Waals surface area (Å²) in [5, 5.41) is 2.38. The molecule has 51 heavy (non-hydrogen) atoms. The summed E-state index contributed by atoms with van der Waals surface area (Å²) < 4.78 is 6.46. The van der Waals surface area contributed by atoms with Crippen LogP contribution in [0.2, 0.25) is 0 Å². The Balaban J connectivity index is 1.13. The lowest BCUT2D eigenvalue weighted by Gasteiger charge is -2.47. The highest BCUT2D eigenvalue weighted by molar-refractivity contribution is 6.12. The van der Waals surface area contributed by atoms with E-state index in [1.165, 1.54) is 53.5 Å². The summed E-state index contributed by atoms with van der Waals surface area (Å²) in [7, 11) is 0. The highest BCUT2D eigenvalue weighted by Gasteiger charge is 2.65. The molecule has 0 N–H and O–H groups in total. The van der Waals surface area contributed by atoms with Gasteiger partial charge >= 0.3 is 0 Å². The smallest absolute Gasteiger partial charge is 0.137 e. The molecule has 1 fully saturated rings. The Morgan fingerprint density at radius 1 is 0.725 bits per heavy atom. The van der Waals surface area contributed by atoms with E-state index >= 15 is 0 Å². The molecule has 1 heterocycles. The fraction of sp³-hybridized carbons (Fsp3) is 0.306. The minimum Gasteiger partial charge on any atom is -0.456 e.